The lowest BCUT2D eigenvalue weighted by Crippen LogP contribution is -2.33. The molecule has 8 nitrogen and oxygen atoms in total. The van der Waals surface area contributed by atoms with Crippen LogP contribution in [-0.2, 0) is 0 Å². The molecule has 2 aromatic heterocycles. The molecule has 0 aromatic carbocycles. The Morgan fingerprint density at radius 1 is 1.42 bits per heavy atom. The third-order valence-electron chi connectivity index (χ3n) is 4.03. The van der Waals surface area contributed by atoms with Gasteiger partial charge >= 0.3 is 0 Å². The Hall–Kier alpha value is -2.61. The maximum atomic E-state index is 11.8. The summed E-state index contributed by atoms with van der Waals surface area (Å²) in [6.07, 6.45) is 6.41. The van der Waals surface area contributed by atoms with Crippen molar-refractivity contribution in [2.45, 2.75) is 18.9 Å². The molecule has 8 heteroatoms. The third kappa shape index (κ3) is 3.83. The molecule has 1 unspecified atom stereocenters. The van der Waals surface area contributed by atoms with E-state index in [4.69, 9.17) is 4.42 Å². The van der Waals surface area contributed by atoms with Crippen molar-refractivity contribution in [3.8, 4) is 0 Å². The van der Waals surface area contributed by atoms with Gasteiger partial charge in [-0.1, -0.05) is 0 Å². The number of hydrogen-bond donors (Lipinski definition) is 3. The number of rotatable bonds is 7. The van der Waals surface area contributed by atoms with Gasteiger partial charge in [-0.25, -0.2) is 9.97 Å². The summed E-state index contributed by atoms with van der Waals surface area (Å²) in [5.41, 5.74) is 0.503. The monoisotopic (exact) mass is 331 g/mol. The normalized spacial score (nSPS) is 17.0. The molecule has 1 aliphatic heterocycles. The molecule has 0 aliphatic carbocycles. The minimum absolute atomic E-state index is 0.127. The van der Waals surface area contributed by atoms with Crippen molar-refractivity contribution < 1.29 is 14.3 Å². The number of aliphatic hydroxyl groups excluding tert-OH is 1. The highest BCUT2D eigenvalue weighted by Gasteiger charge is 2.25. The fraction of sp³-hybridized carbons (Fsp3) is 0.438. The van der Waals surface area contributed by atoms with E-state index in [1.54, 1.807) is 6.07 Å². The average molecular weight is 331 g/mol. The summed E-state index contributed by atoms with van der Waals surface area (Å²) in [4.78, 5) is 22.3. The van der Waals surface area contributed by atoms with Crippen LogP contribution in [0.5, 0.6) is 0 Å². The average Bonchev–Trinajstić information content (AvgIpc) is 3.30. The topological polar surface area (TPSA) is 104 Å². The van der Waals surface area contributed by atoms with Crippen LogP contribution in [0.25, 0.3) is 0 Å². The Bertz CT molecular complexity index is 661. The molecule has 0 spiro atoms. The second-order valence-electron chi connectivity index (χ2n) is 5.63. The van der Waals surface area contributed by atoms with E-state index in [0.717, 1.165) is 25.2 Å². The van der Waals surface area contributed by atoms with Crippen LogP contribution in [0.3, 0.4) is 0 Å². The molecule has 3 rings (SSSR count). The number of nitrogens with one attached hydrogen (secondary N) is 2. The smallest absolute Gasteiger partial charge is 0.254 e. The zero-order valence-corrected chi connectivity index (χ0v) is 13.3. The summed E-state index contributed by atoms with van der Waals surface area (Å²) in [7, 11) is 0. The van der Waals surface area contributed by atoms with Crippen LogP contribution in [0.2, 0.25) is 0 Å². The molecule has 1 atom stereocenters. The quantitative estimate of drug-likeness (QED) is 0.647. The Kier molecular flexibility index (Phi) is 5.27. The molecule has 24 heavy (non-hydrogen) atoms. The lowest BCUT2D eigenvalue weighted by atomic mass is 10.2. The Labute approximate surface area is 139 Å². The number of furan rings is 1. The summed E-state index contributed by atoms with van der Waals surface area (Å²) < 4.78 is 4.88. The van der Waals surface area contributed by atoms with Crippen LogP contribution in [0.15, 0.2) is 35.4 Å². The fourth-order valence-corrected chi connectivity index (χ4v) is 2.79. The maximum Gasteiger partial charge on any atom is 0.254 e. The molecule has 0 bridgehead atoms. The van der Waals surface area contributed by atoms with Crippen LogP contribution in [0.1, 0.15) is 23.2 Å². The lowest BCUT2D eigenvalue weighted by molar-refractivity contribution is 0.0954. The number of aromatic nitrogens is 2. The first-order chi connectivity index (χ1) is 11.8. The van der Waals surface area contributed by atoms with Gasteiger partial charge in [0.05, 0.1) is 24.5 Å². The zero-order valence-electron chi connectivity index (χ0n) is 13.3. The Morgan fingerprint density at radius 2 is 2.33 bits per heavy atom. The second-order valence-corrected chi connectivity index (χ2v) is 5.63. The molecule has 128 valence electrons. The van der Waals surface area contributed by atoms with Crippen molar-refractivity contribution >= 4 is 17.5 Å². The van der Waals surface area contributed by atoms with Crippen molar-refractivity contribution in [3.63, 3.8) is 0 Å². The number of aliphatic hydroxyl groups is 1. The number of hydrogen-bond acceptors (Lipinski definition) is 7. The molecular weight excluding hydrogens is 310 g/mol. The van der Waals surface area contributed by atoms with E-state index in [1.807, 2.05) is 6.07 Å². The first kappa shape index (κ1) is 16.3. The SMILES string of the molecule is O=C(NCCNc1cc(N2CCCC2CO)ncn1)c1ccoc1. The van der Waals surface area contributed by atoms with Crippen LogP contribution >= 0.6 is 0 Å². The first-order valence-electron chi connectivity index (χ1n) is 8.02. The Morgan fingerprint density at radius 3 is 3.12 bits per heavy atom. The second kappa shape index (κ2) is 7.78. The number of amides is 1. The summed E-state index contributed by atoms with van der Waals surface area (Å²) in [6.45, 7) is 2.03. The molecule has 0 radical (unpaired) electrons. The minimum Gasteiger partial charge on any atom is -0.472 e. The molecule has 3 N–H and O–H groups in total. The van der Waals surface area contributed by atoms with Crippen LogP contribution in [0.4, 0.5) is 11.6 Å². The third-order valence-corrected chi connectivity index (χ3v) is 4.03. The Balaban J connectivity index is 1.49. The standard InChI is InChI=1S/C16H21N5O3/c22-9-13-2-1-6-21(13)15-8-14(19-11-20-15)17-4-5-18-16(23)12-3-7-24-10-12/h3,7-8,10-11,13,22H,1-2,4-6,9H2,(H,18,23)(H,17,19,20). The van der Waals surface area contributed by atoms with Crippen LogP contribution in [-0.4, -0.2) is 53.3 Å². The van der Waals surface area contributed by atoms with Gasteiger partial charge in [-0.05, 0) is 18.9 Å². The van der Waals surface area contributed by atoms with Gasteiger partial charge in [0, 0.05) is 25.7 Å². The van der Waals surface area contributed by atoms with Gasteiger partial charge in [0.1, 0.15) is 24.2 Å². The number of carbonyl (C=O) groups is 1. The largest absolute Gasteiger partial charge is 0.472 e. The van der Waals surface area contributed by atoms with Gasteiger partial charge in [0.15, 0.2) is 0 Å². The molecular formula is C16H21N5O3. The first-order valence-corrected chi connectivity index (χ1v) is 8.02. The van der Waals surface area contributed by atoms with E-state index in [-0.39, 0.29) is 18.6 Å². The molecule has 1 amide bonds. The van der Waals surface area contributed by atoms with E-state index in [2.05, 4.69) is 25.5 Å². The molecule has 1 aliphatic rings. The number of carbonyl (C=O) groups excluding carboxylic acids is 1. The van der Waals surface area contributed by atoms with E-state index in [1.165, 1.54) is 18.9 Å². The fourth-order valence-electron chi connectivity index (χ4n) is 2.79. The van der Waals surface area contributed by atoms with Crippen molar-refractivity contribution in [1.29, 1.82) is 0 Å². The van der Waals surface area contributed by atoms with Gasteiger partial charge in [0.25, 0.3) is 5.91 Å². The van der Waals surface area contributed by atoms with E-state index in [0.29, 0.717) is 24.5 Å². The number of nitrogens with zero attached hydrogens (tertiary/aromatic N) is 3. The van der Waals surface area contributed by atoms with Crippen molar-refractivity contribution in [2.24, 2.45) is 0 Å². The molecule has 3 heterocycles. The van der Waals surface area contributed by atoms with Gasteiger partial charge < -0.3 is 25.1 Å². The van der Waals surface area contributed by atoms with Gasteiger partial charge in [-0.3, -0.25) is 4.79 Å². The summed E-state index contributed by atoms with van der Waals surface area (Å²) in [5.74, 6) is 1.34. The molecule has 1 saturated heterocycles. The molecule has 1 fully saturated rings. The van der Waals surface area contributed by atoms with E-state index >= 15 is 0 Å². The van der Waals surface area contributed by atoms with Gasteiger partial charge in [0.2, 0.25) is 0 Å². The van der Waals surface area contributed by atoms with Crippen LogP contribution in [0, 0.1) is 0 Å². The lowest BCUT2D eigenvalue weighted by Gasteiger charge is -2.24. The van der Waals surface area contributed by atoms with Gasteiger partial charge in [-0.15, -0.1) is 0 Å². The van der Waals surface area contributed by atoms with Crippen molar-refractivity contribution in [3.05, 3.63) is 36.5 Å². The van der Waals surface area contributed by atoms with Crippen molar-refractivity contribution in [2.75, 3.05) is 36.5 Å². The predicted molar refractivity (Wildman–Crippen MR) is 89.0 cm³/mol. The maximum absolute atomic E-state index is 11.8. The summed E-state index contributed by atoms with van der Waals surface area (Å²) in [6, 6.07) is 3.61. The summed E-state index contributed by atoms with van der Waals surface area (Å²) >= 11 is 0. The van der Waals surface area contributed by atoms with E-state index in [9.17, 15) is 9.90 Å². The summed E-state index contributed by atoms with van der Waals surface area (Å²) in [5, 5.41) is 15.4. The molecule has 0 saturated carbocycles. The highest BCUT2D eigenvalue weighted by Crippen LogP contribution is 2.24. The highest BCUT2D eigenvalue weighted by molar-refractivity contribution is 5.93. The van der Waals surface area contributed by atoms with Gasteiger partial charge in [-0.2, -0.15) is 0 Å². The predicted octanol–water partition coefficient (Wildman–Crippen LogP) is 0.873. The highest BCUT2D eigenvalue weighted by atomic mass is 16.3. The number of anilines is 2. The van der Waals surface area contributed by atoms with E-state index < -0.39 is 0 Å². The van der Waals surface area contributed by atoms with Crippen LogP contribution < -0.4 is 15.5 Å². The zero-order chi connectivity index (χ0) is 16.8. The minimum atomic E-state index is -0.170. The van der Waals surface area contributed by atoms with Crippen molar-refractivity contribution in [1.82, 2.24) is 15.3 Å². The molecule has 2 aromatic rings.